The first kappa shape index (κ1) is 13.2. The Bertz CT molecular complexity index is 680. The fraction of sp³-hybridized carbons (Fsp3) is 0. The molecule has 9 heteroatoms. The Morgan fingerprint density at radius 3 is 2.67 bits per heavy atom. The molecule has 0 amide bonds. The molecule has 2 heterocycles. The monoisotopic (exact) mass is 348 g/mol. The summed E-state index contributed by atoms with van der Waals surface area (Å²) >= 11 is 8.79. The van der Waals surface area contributed by atoms with Gasteiger partial charge in [0.05, 0.1) is 0 Å². The molecule has 0 radical (unpaired) electrons. The number of nitrogens with one attached hydrogen (secondary N) is 1. The summed E-state index contributed by atoms with van der Waals surface area (Å²) in [6.45, 7) is 0. The quantitative estimate of drug-likeness (QED) is 0.858. The zero-order valence-electron chi connectivity index (χ0n) is 8.71. The van der Waals surface area contributed by atoms with E-state index in [1.54, 1.807) is 0 Å². The number of pyridine rings is 1. The van der Waals surface area contributed by atoms with Crippen LogP contribution in [0.2, 0.25) is 5.15 Å². The van der Waals surface area contributed by atoms with E-state index in [0.29, 0.717) is 4.47 Å². The summed E-state index contributed by atoms with van der Waals surface area (Å²) in [6.07, 6.45) is 3.88. The Balaban J connectivity index is 2.33. The van der Waals surface area contributed by atoms with Gasteiger partial charge in [0, 0.05) is 22.9 Å². The second kappa shape index (κ2) is 5.17. The first-order valence-electron chi connectivity index (χ1n) is 4.58. The standard InChI is InChI=1S/C9H6BrClN4O2S/c10-6-1-7(4-12-3-6)18(16,17)15-9-2-8(11)13-5-14-9/h1-5H,(H,13,14,15). The third-order valence-corrected chi connectivity index (χ3v) is 3.82. The van der Waals surface area contributed by atoms with Gasteiger partial charge in [-0.05, 0) is 22.0 Å². The minimum absolute atomic E-state index is 0.0200. The van der Waals surface area contributed by atoms with Gasteiger partial charge in [-0.1, -0.05) is 11.6 Å². The van der Waals surface area contributed by atoms with Gasteiger partial charge in [0.2, 0.25) is 0 Å². The first-order valence-corrected chi connectivity index (χ1v) is 7.24. The molecule has 0 aliphatic heterocycles. The summed E-state index contributed by atoms with van der Waals surface area (Å²) < 4.78 is 26.8. The molecule has 2 aromatic heterocycles. The van der Waals surface area contributed by atoms with Gasteiger partial charge in [-0.15, -0.1) is 0 Å². The largest absolute Gasteiger partial charge is 0.264 e. The minimum atomic E-state index is -3.74. The van der Waals surface area contributed by atoms with Crippen LogP contribution in [-0.2, 0) is 10.0 Å². The molecular formula is C9H6BrClN4O2S. The molecular weight excluding hydrogens is 344 g/mol. The topological polar surface area (TPSA) is 84.8 Å². The van der Waals surface area contributed by atoms with Crippen LogP contribution in [-0.4, -0.2) is 23.4 Å². The van der Waals surface area contributed by atoms with Crippen LogP contribution >= 0.6 is 27.5 Å². The lowest BCUT2D eigenvalue weighted by atomic mass is 10.5. The summed E-state index contributed by atoms with van der Waals surface area (Å²) in [6, 6.07) is 2.74. The average Bonchev–Trinajstić information content (AvgIpc) is 2.28. The minimum Gasteiger partial charge on any atom is -0.263 e. The van der Waals surface area contributed by atoms with Crippen LogP contribution < -0.4 is 4.72 Å². The molecule has 0 saturated carbocycles. The fourth-order valence-corrected chi connectivity index (χ4v) is 2.78. The molecule has 0 unspecified atom stereocenters. The highest BCUT2D eigenvalue weighted by atomic mass is 79.9. The van der Waals surface area contributed by atoms with E-state index in [2.05, 4.69) is 35.6 Å². The second-order valence-electron chi connectivity index (χ2n) is 3.17. The predicted molar refractivity (Wildman–Crippen MR) is 69.8 cm³/mol. The van der Waals surface area contributed by atoms with Crippen LogP contribution in [0, 0.1) is 0 Å². The van der Waals surface area contributed by atoms with E-state index >= 15 is 0 Å². The lowest BCUT2D eigenvalue weighted by Gasteiger charge is -2.06. The van der Waals surface area contributed by atoms with Crippen molar-refractivity contribution in [3.63, 3.8) is 0 Å². The van der Waals surface area contributed by atoms with Crippen LogP contribution in [0.4, 0.5) is 5.82 Å². The molecule has 2 aromatic rings. The van der Waals surface area contributed by atoms with E-state index in [9.17, 15) is 8.42 Å². The van der Waals surface area contributed by atoms with Gasteiger partial charge >= 0.3 is 0 Å². The maximum Gasteiger partial charge on any atom is 0.264 e. The van der Waals surface area contributed by atoms with Gasteiger partial charge in [0.25, 0.3) is 10.0 Å². The van der Waals surface area contributed by atoms with Gasteiger partial charge in [-0.25, -0.2) is 18.4 Å². The molecule has 94 valence electrons. The van der Waals surface area contributed by atoms with Crippen LogP contribution in [0.1, 0.15) is 0 Å². The lowest BCUT2D eigenvalue weighted by Crippen LogP contribution is -2.14. The van der Waals surface area contributed by atoms with E-state index < -0.39 is 10.0 Å². The zero-order valence-corrected chi connectivity index (χ0v) is 11.9. The number of sulfonamides is 1. The van der Waals surface area contributed by atoms with Crippen molar-refractivity contribution >= 4 is 43.4 Å². The Labute approximate surface area is 117 Å². The van der Waals surface area contributed by atoms with E-state index in [-0.39, 0.29) is 15.9 Å². The molecule has 0 bridgehead atoms. The third kappa shape index (κ3) is 3.15. The smallest absolute Gasteiger partial charge is 0.263 e. The van der Waals surface area contributed by atoms with Gasteiger partial charge in [-0.2, -0.15) is 0 Å². The third-order valence-electron chi connectivity index (χ3n) is 1.86. The maximum absolute atomic E-state index is 12.0. The fourth-order valence-electron chi connectivity index (χ4n) is 1.13. The summed E-state index contributed by atoms with van der Waals surface area (Å²) in [5.74, 6) is 0.0926. The SMILES string of the molecule is O=S(=O)(Nc1cc(Cl)ncn1)c1cncc(Br)c1. The van der Waals surface area contributed by atoms with E-state index in [1.807, 2.05) is 0 Å². The highest BCUT2D eigenvalue weighted by Gasteiger charge is 2.15. The highest BCUT2D eigenvalue weighted by molar-refractivity contribution is 9.10. The van der Waals surface area contributed by atoms with E-state index in [4.69, 9.17) is 11.6 Å². The van der Waals surface area contributed by atoms with Gasteiger partial charge < -0.3 is 0 Å². The molecule has 0 aromatic carbocycles. The normalized spacial score (nSPS) is 11.2. The molecule has 0 atom stereocenters. The summed E-state index contributed by atoms with van der Waals surface area (Å²) in [5, 5.41) is 0.148. The summed E-state index contributed by atoms with van der Waals surface area (Å²) in [5.41, 5.74) is 0. The molecule has 0 fully saturated rings. The van der Waals surface area contributed by atoms with Crippen molar-refractivity contribution in [2.45, 2.75) is 4.90 Å². The highest BCUT2D eigenvalue weighted by Crippen LogP contribution is 2.18. The van der Waals surface area contributed by atoms with Crippen molar-refractivity contribution < 1.29 is 8.42 Å². The van der Waals surface area contributed by atoms with E-state index in [1.165, 1.54) is 30.9 Å². The Morgan fingerprint density at radius 2 is 2.00 bits per heavy atom. The zero-order chi connectivity index (χ0) is 13.2. The van der Waals surface area contributed by atoms with Crippen molar-refractivity contribution in [2.75, 3.05) is 4.72 Å². The van der Waals surface area contributed by atoms with Crippen molar-refractivity contribution in [3.8, 4) is 0 Å². The summed E-state index contributed by atoms with van der Waals surface area (Å²) in [7, 11) is -3.74. The van der Waals surface area contributed by atoms with Crippen LogP contribution in [0.25, 0.3) is 0 Å². The first-order chi connectivity index (χ1) is 8.47. The molecule has 0 spiro atoms. The number of nitrogens with zero attached hydrogens (tertiary/aromatic N) is 3. The molecule has 18 heavy (non-hydrogen) atoms. The van der Waals surface area contributed by atoms with E-state index in [0.717, 1.165) is 0 Å². The molecule has 2 rings (SSSR count). The summed E-state index contributed by atoms with van der Waals surface area (Å²) in [4.78, 5) is 11.2. The number of hydrogen-bond donors (Lipinski definition) is 1. The van der Waals surface area contributed by atoms with Gasteiger partial charge in [0.1, 0.15) is 22.2 Å². The van der Waals surface area contributed by atoms with Crippen molar-refractivity contribution in [2.24, 2.45) is 0 Å². The lowest BCUT2D eigenvalue weighted by molar-refractivity contribution is 0.600. The second-order valence-corrected chi connectivity index (χ2v) is 6.16. The van der Waals surface area contributed by atoms with Crippen molar-refractivity contribution in [3.05, 3.63) is 40.5 Å². The van der Waals surface area contributed by atoms with Crippen molar-refractivity contribution in [1.29, 1.82) is 0 Å². The number of aromatic nitrogens is 3. The molecule has 0 aliphatic carbocycles. The van der Waals surface area contributed by atoms with Gasteiger partial charge in [-0.3, -0.25) is 9.71 Å². The van der Waals surface area contributed by atoms with Gasteiger partial charge in [0.15, 0.2) is 0 Å². The molecule has 6 nitrogen and oxygen atoms in total. The van der Waals surface area contributed by atoms with Crippen molar-refractivity contribution in [1.82, 2.24) is 15.0 Å². The Hall–Kier alpha value is -1.25. The van der Waals surface area contributed by atoms with Crippen LogP contribution in [0.3, 0.4) is 0 Å². The molecule has 0 aliphatic rings. The van der Waals surface area contributed by atoms with Crippen LogP contribution in [0.5, 0.6) is 0 Å². The number of rotatable bonds is 3. The Kier molecular flexibility index (Phi) is 3.79. The number of halogens is 2. The predicted octanol–water partition coefficient (Wildman–Crippen LogP) is 2.09. The Morgan fingerprint density at radius 1 is 1.22 bits per heavy atom. The maximum atomic E-state index is 12.0. The van der Waals surface area contributed by atoms with Crippen LogP contribution in [0.15, 0.2) is 40.2 Å². The number of anilines is 1. The number of hydrogen-bond acceptors (Lipinski definition) is 5. The molecule has 1 N–H and O–H groups in total. The average molecular weight is 350 g/mol. The molecule has 0 saturated heterocycles.